The third-order valence-electron chi connectivity index (χ3n) is 3.14. The third kappa shape index (κ3) is 6.10. The van der Waals surface area contributed by atoms with E-state index < -0.39 is 10.0 Å². The van der Waals surface area contributed by atoms with E-state index in [1.165, 1.54) is 23.9 Å². The van der Waals surface area contributed by atoms with Gasteiger partial charge in [0.05, 0.1) is 22.0 Å². The van der Waals surface area contributed by atoms with Crippen LogP contribution in [0.25, 0.3) is 0 Å². The Labute approximate surface area is 153 Å². The molecule has 0 atom stereocenters. The molecule has 0 aliphatic rings. The van der Waals surface area contributed by atoms with Gasteiger partial charge in [0.1, 0.15) is 0 Å². The number of sulfonamides is 1. The molecule has 5 nitrogen and oxygen atoms in total. The highest BCUT2D eigenvalue weighted by molar-refractivity contribution is 8.01. The molecule has 2 N–H and O–H groups in total. The standard InChI is InChI=1S/C18H22N2O3S2/c1-18(2,3)24-13-17(21)19-15-11-7-8-12-16(15)20-25(22,23)14-9-5-4-6-10-14/h4-12,20H,13H2,1-3H3,(H,19,21). The highest BCUT2D eigenvalue weighted by Gasteiger charge is 2.17. The zero-order valence-electron chi connectivity index (χ0n) is 14.4. The van der Waals surface area contributed by atoms with Crippen LogP contribution < -0.4 is 10.0 Å². The highest BCUT2D eigenvalue weighted by Crippen LogP contribution is 2.26. The van der Waals surface area contributed by atoms with Crippen molar-refractivity contribution in [2.24, 2.45) is 0 Å². The number of anilines is 2. The number of amides is 1. The Morgan fingerprint density at radius 3 is 2.12 bits per heavy atom. The molecule has 7 heteroatoms. The SMILES string of the molecule is CC(C)(C)SCC(=O)Nc1ccccc1NS(=O)(=O)c1ccccc1. The van der Waals surface area contributed by atoms with E-state index in [1.54, 1.807) is 42.5 Å². The van der Waals surface area contributed by atoms with Crippen LogP contribution in [0.2, 0.25) is 0 Å². The molecular weight excluding hydrogens is 356 g/mol. The number of hydrogen-bond acceptors (Lipinski definition) is 4. The quantitative estimate of drug-likeness (QED) is 0.798. The Hall–Kier alpha value is -1.99. The Balaban J connectivity index is 2.14. The van der Waals surface area contributed by atoms with Crippen LogP contribution in [0.5, 0.6) is 0 Å². The molecule has 0 saturated heterocycles. The summed E-state index contributed by atoms with van der Waals surface area (Å²) in [5, 5.41) is 2.77. The largest absolute Gasteiger partial charge is 0.324 e. The van der Waals surface area contributed by atoms with Crippen molar-refractivity contribution in [2.75, 3.05) is 15.8 Å². The number of nitrogens with one attached hydrogen (secondary N) is 2. The van der Waals surface area contributed by atoms with Gasteiger partial charge in [0.2, 0.25) is 5.91 Å². The number of rotatable bonds is 6. The van der Waals surface area contributed by atoms with Crippen LogP contribution in [0, 0.1) is 0 Å². The zero-order chi connectivity index (χ0) is 18.5. The first-order valence-corrected chi connectivity index (χ1v) is 10.2. The van der Waals surface area contributed by atoms with Crippen LogP contribution >= 0.6 is 11.8 Å². The Morgan fingerprint density at radius 2 is 1.52 bits per heavy atom. The van der Waals surface area contributed by atoms with E-state index in [9.17, 15) is 13.2 Å². The van der Waals surface area contributed by atoms with Crippen LogP contribution in [0.4, 0.5) is 11.4 Å². The predicted molar refractivity (Wildman–Crippen MR) is 105 cm³/mol. The van der Waals surface area contributed by atoms with Crippen molar-refractivity contribution in [3.05, 3.63) is 54.6 Å². The molecule has 0 bridgehead atoms. The molecule has 0 saturated carbocycles. The first-order chi connectivity index (χ1) is 11.7. The van der Waals surface area contributed by atoms with E-state index in [2.05, 4.69) is 10.0 Å². The van der Waals surface area contributed by atoms with Crippen LogP contribution in [0.1, 0.15) is 20.8 Å². The molecular formula is C18H22N2O3S2. The second kappa shape index (κ2) is 7.93. The molecule has 0 fully saturated rings. The summed E-state index contributed by atoms with van der Waals surface area (Å²) in [6.07, 6.45) is 0. The van der Waals surface area contributed by atoms with Crippen molar-refractivity contribution in [1.82, 2.24) is 0 Å². The van der Waals surface area contributed by atoms with Crippen LogP contribution in [0.15, 0.2) is 59.5 Å². The predicted octanol–water partition coefficient (Wildman–Crippen LogP) is 3.96. The van der Waals surface area contributed by atoms with Crippen molar-refractivity contribution >= 4 is 39.1 Å². The summed E-state index contributed by atoms with van der Waals surface area (Å²) in [6, 6.07) is 14.8. The molecule has 1 amide bonds. The summed E-state index contributed by atoms with van der Waals surface area (Å²) in [5.41, 5.74) is 0.766. The van der Waals surface area contributed by atoms with Gasteiger partial charge in [-0.1, -0.05) is 51.1 Å². The van der Waals surface area contributed by atoms with Gasteiger partial charge in [-0.2, -0.15) is 0 Å². The number of carbonyl (C=O) groups excluding carboxylic acids is 1. The van der Waals surface area contributed by atoms with Gasteiger partial charge in [0.15, 0.2) is 0 Å². The van der Waals surface area contributed by atoms with Gasteiger partial charge >= 0.3 is 0 Å². The molecule has 2 aromatic rings. The lowest BCUT2D eigenvalue weighted by Gasteiger charge is -2.18. The Morgan fingerprint density at radius 1 is 0.960 bits per heavy atom. The van der Waals surface area contributed by atoms with Gasteiger partial charge in [-0.05, 0) is 24.3 Å². The number of thioether (sulfide) groups is 1. The number of hydrogen-bond donors (Lipinski definition) is 2. The van der Waals surface area contributed by atoms with Crippen molar-refractivity contribution in [1.29, 1.82) is 0 Å². The zero-order valence-corrected chi connectivity index (χ0v) is 16.1. The first-order valence-electron chi connectivity index (χ1n) is 7.78. The topological polar surface area (TPSA) is 75.3 Å². The van der Waals surface area contributed by atoms with Crippen LogP contribution in [0.3, 0.4) is 0 Å². The maximum atomic E-state index is 12.5. The van der Waals surface area contributed by atoms with E-state index in [-0.39, 0.29) is 15.5 Å². The summed E-state index contributed by atoms with van der Waals surface area (Å²) >= 11 is 1.53. The van der Waals surface area contributed by atoms with Gasteiger partial charge in [-0.15, -0.1) is 11.8 Å². The van der Waals surface area contributed by atoms with E-state index in [0.29, 0.717) is 17.1 Å². The Kier molecular flexibility index (Phi) is 6.13. The molecule has 0 aliphatic carbocycles. The lowest BCUT2D eigenvalue weighted by atomic mass is 10.3. The minimum absolute atomic E-state index is 0.0221. The van der Waals surface area contributed by atoms with Gasteiger partial charge in [-0.3, -0.25) is 9.52 Å². The first kappa shape index (κ1) is 19.3. The lowest BCUT2D eigenvalue weighted by molar-refractivity contribution is -0.113. The second-order valence-corrected chi connectivity index (χ2v) is 9.90. The minimum atomic E-state index is -3.71. The van der Waals surface area contributed by atoms with Gasteiger partial charge < -0.3 is 5.32 Å². The minimum Gasteiger partial charge on any atom is -0.324 e. The molecule has 0 spiro atoms. The molecule has 0 heterocycles. The molecule has 2 aromatic carbocycles. The fraction of sp³-hybridized carbons (Fsp3) is 0.278. The lowest BCUT2D eigenvalue weighted by Crippen LogP contribution is -2.20. The summed E-state index contributed by atoms with van der Waals surface area (Å²) in [5.74, 6) is 0.120. The average Bonchev–Trinajstić information content (AvgIpc) is 2.55. The van der Waals surface area contributed by atoms with Crippen molar-refractivity contribution in [3.8, 4) is 0 Å². The molecule has 25 heavy (non-hydrogen) atoms. The van der Waals surface area contributed by atoms with Crippen LogP contribution in [-0.2, 0) is 14.8 Å². The maximum Gasteiger partial charge on any atom is 0.261 e. The third-order valence-corrected chi connectivity index (χ3v) is 5.79. The number of para-hydroxylation sites is 2. The van der Waals surface area contributed by atoms with E-state index >= 15 is 0 Å². The van der Waals surface area contributed by atoms with Crippen molar-refractivity contribution in [3.63, 3.8) is 0 Å². The fourth-order valence-corrected chi connectivity index (χ4v) is 3.69. The maximum absolute atomic E-state index is 12.5. The number of benzene rings is 2. The summed E-state index contributed by atoms with van der Waals surface area (Å²) < 4.78 is 27.4. The van der Waals surface area contributed by atoms with Gasteiger partial charge in [-0.25, -0.2) is 8.42 Å². The van der Waals surface area contributed by atoms with E-state index in [1.807, 2.05) is 20.8 Å². The van der Waals surface area contributed by atoms with Crippen molar-refractivity contribution < 1.29 is 13.2 Å². The van der Waals surface area contributed by atoms with Gasteiger partial charge in [0.25, 0.3) is 10.0 Å². The Bertz CT molecular complexity index is 829. The second-order valence-electron chi connectivity index (χ2n) is 6.41. The molecule has 0 aliphatic heterocycles. The fourth-order valence-electron chi connectivity index (χ4n) is 1.95. The highest BCUT2D eigenvalue weighted by atomic mass is 32.2. The van der Waals surface area contributed by atoms with Crippen LogP contribution in [-0.4, -0.2) is 24.8 Å². The molecule has 2 rings (SSSR count). The van der Waals surface area contributed by atoms with Gasteiger partial charge in [0, 0.05) is 4.75 Å². The van der Waals surface area contributed by atoms with E-state index in [0.717, 1.165) is 0 Å². The summed E-state index contributed by atoms with van der Waals surface area (Å²) in [4.78, 5) is 12.3. The average molecular weight is 379 g/mol. The monoisotopic (exact) mass is 378 g/mol. The van der Waals surface area contributed by atoms with E-state index in [4.69, 9.17) is 0 Å². The summed E-state index contributed by atoms with van der Waals surface area (Å²) in [6.45, 7) is 6.10. The normalized spacial score (nSPS) is 11.8. The van der Waals surface area contributed by atoms with Crippen molar-refractivity contribution in [2.45, 2.75) is 30.4 Å². The smallest absolute Gasteiger partial charge is 0.261 e. The number of carbonyl (C=O) groups is 1. The molecule has 0 unspecified atom stereocenters. The molecule has 0 radical (unpaired) electrons. The summed E-state index contributed by atoms with van der Waals surface area (Å²) in [7, 11) is -3.71. The molecule has 0 aromatic heterocycles. The molecule has 134 valence electrons.